The fourth-order valence-electron chi connectivity index (χ4n) is 2.91. The second-order valence-corrected chi connectivity index (χ2v) is 7.04. The lowest BCUT2D eigenvalue weighted by molar-refractivity contribution is 0.0941. The molecular formula is C15H23N3OS. The highest BCUT2D eigenvalue weighted by Crippen LogP contribution is 2.30. The van der Waals surface area contributed by atoms with Gasteiger partial charge in [-0.05, 0) is 39.0 Å². The quantitative estimate of drug-likeness (QED) is 0.906. The predicted molar refractivity (Wildman–Crippen MR) is 81.3 cm³/mol. The predicted octanol–water partition coefficient (Wildman–Crippen LogP) is 2.37. The average molecular weight is 293 g/mol. The summed E-state index contributed by atoms with van der Waals surface area (Å²) in [5, 5.41) is 4.28. The first-order valence-electron chi connectivity index (χ1n) is 7.68. The topological polar surface area (TPSA) is 45.2 Å². The maximum Gasteiger partial charge on any atom is 0.263 e. The van der Waals surface area contributed by atoms with E-state index in [1.165, 1.54) is 12.8 Å². The van der Waals surface area contributed by atoms with E-state index in [1.807, 2.05) is 6.92 Å². The largest absolute Gasteiger partial charge is 0.347 e. The van der Waals surface area contributed by atoms with E-state index < -0.39 is 0 Å². The molecule has 0 aromatic carbocycles. The van der Waals surface area contributed by atoms with E-state index in [1.54, 1.807) is 11.3 Å². The van der Waals surface area contributed by atoms with E-state index in [0.717, 1.165) is 54.0 Å². The van der Waals surface area contributed by atoms with Crippen molar-refractivity contribution in [2.75, 3.05) is 13.1 Å². The van der Waals surface area contributed by atoms with Gasteiger partial charge in [-0.15, -0.1) is 11.3 Å². The molecule has 1 atom stereocenters. The highest BCUT2D eigenvalue weighted by molar-refractivity contribution is 7.13. The van der Waals surface area contributed by atoms with Gasteiger partial charge >= 0.3 is 0 Å². The van der Waals surface area contributed by atoms with Crippen LogP contribution in [0.4, 0.5) is 0 Å². The molecule has 0 radical (unpaired) electrons. The van der Waals surface area contributed by atoms with Crippen LogP contribution in [-0.2, 0) is 6.42 Å². The number of thiazole rings is 1. The summed E-state index contributed by atoms with van der Waals surface area (Å²) in [7, 11) is 0. The Labute approximate surface area is 124 Å². The number of aryl methyl sites for hydroxylation is 2. The standard InChI is InChI=1S/C15H23N3OS/c1-3-4-13-16-10(2)14(20-13)15(19)17-11-7-8-18(9-11)12-5-6-12/h11-12H,3-9H2,1-2H3,(H,17,19)/t11-/m0/s1. The van der Waals surface area contributed by atoms with Crippen LogP contribution in [0.5, 0.6) is 0 Å². The van der Waals surface area contributed by atoms with Gasteiger partial charge in [0.05, 0.1) is 10.7 Å². The van der Waals surface area contributed by atoms with Crippen molar-refractivity contribution in [2.24, 2.45) is 0 Å². The molecule has 2 aliphatic rings. The minimum Gasteiger partial charge on any atom is -0.347 e. The van der Waals surface area contributed by atoms with Gasteiger partial charge in [0, 0.05) is 25.2 Å². The molecule has 1 aliphatic heterocycles. The van der Waals surface area contributed by atoms with Gasteiger partial charge in [-0.2, -0.15) is 0 Å². The zero-order chi connectivity index (χ0) is 14.1. The molecule has 1 aromatic heterocycles. The number of carbonyl (C=O) groups excluding carboxylic acids is 1. The Morgan fingerprint density at radius 3 is 2.95 bits per heavy atom. The Bertz CT molecular complexity index is 495. The van der Waals surface area contributed by atoms with Gasteiger partial charge in [0.2, 0.25) is 0 Å². The molecule has 20 heavy (non-hydrogen) atoms. The van der Waals surface area contributed by atoms with Crippen molar-refractivity contribution in [3.05, 3.63) is 15.6 Å². The van der Waals surface area contributed by atoms with Crippen LogP contribution in [0.2, 0.25) is 0 Å². The SMILES string of the molecule is CCCc1nc(C)c(C(=O)N[C@H]2CCN(C3CC3)C2)s1. The number of nitrogens with zero attached hydrogens (tertiary/aromatic N) is 2. The number of carbonyl (C=O) groups is 1. The van der Waals surface area contributed by atoms with Crippen LogP contribution in [0.3, 0.4) is 0 Å². The number of hydrogen-bond acceptors (Lipinski definition) is 4. The maximum atomic E-state index is 12.4. The van der Waals surface area contributed by atoms with Crippen molar-refractivity contribution in [1.82, 2.24) is 15.2 Å². The smallest absolute Gasteiger partial charge is 0.263 e. The molecule has 5 heteroatoms. The van der Waals surface area contributed by atoms with Gasteiger partial charge in [-0.3, -0.25) is 9.69 Å². The summed E-state index contributed by atoms with van der Waals surface area (Å²) < 4.78 is 0. The molecule has 1 saturated heterocycles. The fourth-order valence-corrected chi connectivity index (χ4v) is 3.98. The molecule has 4 nitrogen and oxygen atoms in total. The molecule has 2 fully saturated rings. The fraction of sp³-hybridized carbons (Fsp3) is 0.733. The number of aromatic nitrogens is 1. The van der Waals surface area contributed by atoms with Crippen LogP contribution in [0.15, 0.2) is 0 Å². The van der Waals surface area contributed by atoms with E-state index in [4.69, 9.17) is 0 Å². The zero-order valence-corrected chi connectivity index (χ0v) is 13.1. The summed E-state index contributed by atoms with van der Waals surface area (Å²) in [5.74, 6) is 0.0741. The summed E-state index contributed by atoms with van der Waals surface area (Å²) in [6.07, 6.45) is 5.82. The van der Waals surface area contributed by atoms with Crippen LogP contribution >= 0.6 is 11.3 Å². The second kappa shape index (κ2) is 5.82. The molecular weight excluding hydrogens is 270 g/mol. The monoisotopic (exact) mass is 293 g/mol. The molecule has 1 aromatic rings. The third-order valence-corrected chi connectivity index (χ3v) is 5.35. The average Bonchev–Trinajstić information content (AvgIpc) is 3.05. The van der Waals surface area contributed by atoms with Crippen molar-refractivity contribution < 1.29 is 4.79 Å². The van der Waals surface area contributed by atoms with E-state index in [0.29, 0.717) is 6.04 Å². The second-order valence-electron chi connectivity index (χ2n) is 5.96. The first-order chi connectivity index (χ1) is 9.67. The first-order valence-corrected chi connectivity index (χ1v) is 8.50. The molecule has 0 spiro atoms. The Kier molecular flexibility index (Phi) is 4.08. The summed E-state index contributed by atoms with van der Waals surface area (Å²) >= 11 is 1.56. The van der Waals surface area contributed by atoms with Crippen molar-refractivity contribution in [1.29, 1.82) is 0 Å². The third-order valence-electron chi connectivity index (χ3n) is 4.13. The number of rotatable bonds is 5. The van der Waals surface area contributed by atoms with Crippen molar-refractivity contribution >= 4 is 17.2 Å². The Morgan fingerprint density at radius 2 is 2.25 bits per heavy atom. The van der Waals surface area contributed by atoms with Crippen LogP contribution < -0.4 is 5.32 Å². The minimum atomic E-state index is 0.0741. The zero-order valence-electron chi connectivity index (χ0n) is 12.3. The summed E-state index contributed by atoms with van der Waals surface area (Å²) in [6, 6.07) is 1.12. The molecule has 3 rings (SSSR count). The molecule has 2 heterocycles. The third kappa shape index (κ3) is 3.04. The number of hydrogen-bond donors (Lipinski definition) is 1. The van der Waals surface area contributed by atoms with Gasteiger partial charge < -0.3 is 5.32 Å². The van der Waals surface area contributed by atoms with Crippen LogP contribution in [-0.4, -0.2) is 41.0 Å². The molecule has 1 amide bonds. The Hall–Kier alpha value is -0.940. The molecule has 0 unspecified atom stereocenters. The van der Waals surface area contributed by atoms with Gasteiger partial charge in [-0.1, -0.05) is 6.92 Å². The van der Waals surface area contributed by atoms with E-state index >= 15 is 0 Å². The first kappa shape index (κ1) is 14.0. The summed E-state index contributed by atoms with van der Waals surface area (Å²) in [6.45, 7) is 6.24. The van der Waals surface area contributed by atoms with Crippen molar-refractivity contribution in [2.45, 2.75) is 58.0 Å². The summed E-state index contributed by atoms with van der Waals surface area (Å²) in [5.41, 5.74) is 0.882. The lowest BCUT2D eigenvalue weighted by Crippen LogP contribution is -2.37. The lowest BCUT2D eigenvalue weighted by Gasteiger charge is -2.15. The Morgan fingerprint density at radius 1 is 1.45 bits per heavy atom. The number of amides is 1. The number of nitrogens with one attached hydrogen (secondary N) is 1. The van der Waals surface area contributed by atoms with Gasteiger partial charge in [0.1, 0.15) is 4.88 Å². The molecule has 0 bridgehead atoms. The maximum absolute atomic E-state index is 12.4. The van der Waals surface area contributed by atoms with Crippen molar-refractivity contribution in [3.63, 3.8) is 0 Å². The normalized spacial score (nSPS) is 23.2. The van der Waals surface area contributed by atoms with Crippen molar-refractivity contribution in [3.8, 4) is 0 Å². The lowest BCUT2D eigenvalue weighted by atomic mass is 10.2. The van der Waals surface area contributed by atoms with Crippen LogP contribution in [0.1, 0.15) is 53.0 Å². The highest BCUT2D eigenvalue weighted by Gasteiger charge is 2.35. The highest BCUT2D eigenvalue weighted by atomic mass is 32.1. The van der Waals surface area contributed by atoms with Gasteiger partial charge in [0.15, 0.2) is 0 Å². The van der Waals surface area contributed by atoms with E-state index in [2.05, 4.69) is 22.1 Å². The van der Waals surface area contributed by atoms with Gasteiger partial charge in [0.25, 0.3) is 5.91 Å². The van der Waals surface area contributed by atoms with E-state index in [9.17, 15) is 4.79 Å². The van der Waals surface area contributed by atoms with Gasteiger partial charge in [-0.25, -0.2) is 4.98 Å². The molecule has 110 valence electrons. The Balaban J connectivity index is 1.58. The number of likely N-dealkylation sites (tertiary alicyclic amines) is 1. The molecule has 1 saturated carbocycles. The minimum absolute atomic E-state index is 0.0741. The molecule has 1 N–H and O–H groups in total. The molecule has 1 aliphatic carbocycles. The summed E-state index contributed by atoms with van der Waals surface area (Å²) in [4.78, 5) is 20.2. The van der Waals surface area contributed by atoms with E-state index in [-0.39, 0.29) is 5.91 Å². The van der Waals surface area contributed by atoms with Crippen LogP contribution in [0, 0.1) is 6.92 Å². The van der Waals surface area contributed by atoms with Crippen LogP contribution in [0.25, 0.3) is 0 Å².